The number of halogens is 1. The number of aromatic nitrogens is 1. The number of para-hydroxylation sites is 2. The number of hydrogen-bond acceptors (Lipinski definition) is 5. The normalized spacial score (nSPS) is 15.6. The van der Waals surface area contributed by atoms with Crippen LogP contribution < -0.4 is 15.0 Å². The predicted molar refractivity (Wildman–Crippen MR) is 117 cm³/mol. The minimum absolute atomic E-state index is 0.0921. The van der Waals surface area contributed by atoms with Gasteiger partial charge in [0.1, 0.15) is 12.3 Å². The van der Waals surface area contributed by atoms with Crippen LogP contribution in [0, 0.1) is 0 Å². The van der Waals surface area contributed by atoms with E-state index in [0.717, 1.165) is 15.8 Å². The molecule has 0 bridgehead atoms. The van der Waals surface area contributed by atoms with E-state index in [9.17, 15) is 9.59 Å². The van der Waals surface area contributed by atoms with Crippen LogP contribution >= 0.6 is 27.3 Å². The molecule has 4 rings (SSSR count). The number of ether oxygens (including phenoxy) is 1. The number of carbonyl (C=O) groups excluding carboxylic acids is 2. The summed E-state index contributed by atoms with van der Waals surface area (Å²) in [5.41, 5.74) is 1.76. The van der Waals surface area contributed by atoms with Crippen molar-refractivity contribution in [3.8, 4) is 5.75 Å². The second kappa shape index (κ2) is 8.34. The lowest BCUT2D eigenvalue weighted by molar-refractivity contribution is -0.127. The Kier molecular flexibility index (Phi) is 5.64. The number of thiazole rings is 1. The van der Waals surface area contributed by atoms with E-state index in [1.807, 2.05) is 36.4 Å². The minimum Gasteiger partial charge on any atom is -0.479 e. The maximum Gasteiger partial charge on any atom is 0.268 e. The van der Waals surface area contributed by atoms with Gasteiger partial charge in [-0.1, -0.05) is 40.2 Å². The van der Waals surface area contributed by atoms with Crippen LogP contribution in [0.25, 0.3) is 0 Å². The van der Waals surface area contributed by atoms with Crippen molar-refractivity contribution in [3.63, 3.8) is 0 Å². The van der Waals surface area contributed by atoms with Crippen LogP contribution in [0.5, 0.6) is 5.75 Å². The molecule has 1 aromatic heterocycles. The first kappa shape index (κ1) is 19.6. The van der Waals surface area contributed by atoms with Crippen LogP contribution in [-0.4, -0.2) is 29.4 Å². The molecule has 0 aliphatic carbocycles. The lowest BCUT2D eigenvalue weighted by Gasteiger charge is -2.32. The minimum atomic E-state index is -0.630. The predicted octanol–water partition coefficient (Wildman–Crippen LogP) is 4.25. The molecule has 0 spiro atoms. The molecular weight excluding hydrogens is 454 g/mol. The molecule has 1 unspecified atom stereocenters. The van der Waals surface area contributed by atoms with Crippen LogP contribution in [0.1, 0.15) is 17.4 Å². The number of fused-ring (bicyclic) bond motifs is 1. The molecule has 6 nitrogen and oxygen atoms in total. The highest BCUT2D eigenvalue weighted by atomic mass is 79.9. The van der Waals surface area contributed by atoms with Crippen molar-refractivity contribution >= 4 is 49.9 Å². The Morgan fingerprint density at radius 1 is 1.24 bits per heavy atom. The Balaban J connectivity index is 1.42. The van der Waals surface area contributed by atoms with Gasteiger partial charge in [0.25, 0.3) is 5.91 Å². The molecule has 0 fully saturated rings. The lowest BCUT2D eigenvalue weighted by atomic mass is 10.1. The van der Waals surface area contributed by atoms with Crippen LogP contribution in [-0.2, 0) is 16.0 Å². The maximum absolute atomic E-state index is 12.6. The molecule has 0 saturated heterocycles. The fourth-order valence-electron chi connectivity index (χ4n) is 3.07. The average Bonchev–Trinajstić information content (AvgIpc) is 3.14. The Morgan fingerprint density at radius 3 is 2.79 bits per heavy atom. The van der Waals surface area contributed by atoms with Crippen molar-refractivity contribution in [2.45, 2.75) is 19.4 Å². The molecular formula is C21H18BrN3O3S. The van der Waals surface area contributed by atoms with Gasteiger partial charge in [-0.25, -0.2) is 4.98 Å². The van der Waals surface area contributed by atoms with Crippen LogP contribution in [0.4, 0.5) is 10.8 Å². The van der Waals surface area contributed by atoms with E-state index >= 15 is 0 Å². The highest BCUT2D eigenvalue weighted by Crippen LogP contribution is 2.33. The standard InChI is InChI=1S/C21H18BrN3O3S/c1-13-20(27)25(17-4-2-3-5-18(17)28-13)12-19(26)24-21-23-11-16(29-21)10-14-6-8-15(22)9-7-14/h2-9,11,13H,10,12H2,1H3,(H,23,24,26). The Labute approximate surface area is 180 Å². The highest BCUT2D eigenvalue weighted by molar-refractivity contribution is 9.10. The first-order chi connectivity index (χ1) is 14.0. The zero-order valence-corrected chi connectivity index (χ0v) is 18.0. The third-order valence-corrected chi connectivity index (χ3v) is 5.91. The number of amides is 2. The monoisotopic (exact) mass is 471 g/mol. The molecule has 3 aromatic rings. The quantitative estimate of drug-likeness (QED) is 0.603. The summed E-state index contributed by atoms with van der Waals surface area (Å²) in [5, 5.41) is 3.31. The second-order valence-corrected chi connectivity index (χ2v) is 8.67. The summed E-state index contributed by atoms with van der Waals surface area (Å²) >= 11 is 4.85. The zero-order valence-electron chi connectivity index (χ0n) is 15.6. The largest absolute Gasteiger partial charge is 0.479 e. The van der Waals surface area contributed by atoms with Crippen molar-refractivity contribution in [2.24, 2.45) is 0 Å². The van der Waals surface area contributed by atoms with Crippen LogP contribution in [0.2, 0.25) is 0 Å². The summed E-state index contributed by atoms with van der Waals surface area (Å²) in [6.07, 6.45) is 1.88. The summed E-state index contributed by atoms with van der Waals surface area (Å²) < 4.78 is 6.64. The molecule has 0 radical (unpaired) electrons. The Morgan fingerprint density at radius 2 is 2.00 bits per heavy atom. The van der Waals surface area contributed by atoms with Gasteiger partial charge in [-0.15, -0.1) is 11.3 Å². The topological polar surface area (TPSA) is 71.5 Å². The molecule has 2 heterocycles. The van der Waals surface area contributed by atoms with Crippen LogP contribution in [0.15, 0.2) is 59.2 Å². The molecule has 0 saturated carbocycles. The molecule has 1 aliphatic heterocycles. The van der Waals surface area contributed by atoms with Gasteiger partial charge in [0, 0.05) is 22.0 Å². The lowest BCUT2D eigenvalue weighted by Crippen LogP contribution is -2.47. The van der Waals surface area contributed by atoms with E-state index in [1.54, 1.807) is 25.3 Å². The molecule has 8 heteroatoms. The fourth-order valence-corrected chi connectivity index (χ4v) is 4.20. The van der Waals surface area contributed by atoms with Gasteiger partial charge in [0.2, 0.25) is 5.91 Å². The highest BCUT2D eigenvalue weighted by Gasteiger charge is 2.32. The van der Waals surface area contributed by atoms with Crippen molar-refractivity contribution in [1.29, 1.82) is 0 Å². The number of hydrogen-bond donors (Lipinski definition) is 1. The number of rotatable bonds is 5. The smallest absolute Gasteiger partial charge is 0.268 e. The average molecular weight is 472 g/mol. The van der Waals surface area contributed by atoms with E-state index < -0.39 is 6.10 Å². The van der Waals surface area contributed by atoms with Crippen LogP contribution in [0.3, 0.4) is 0 Å². The fraction of sp³-hybridized carbons (Fsp3) is 0.190. The number of benzene rings is 2. The van der Waals surface area contributed by atoms with E-state index in [-0.39, 0.29) is 18.4 Å². The van der Waals surface area contributed by atoms with Crippen molar-refractivity contribution < 1.29 is 14.3 Å². The van der Waals surface area contributed by atoms with E-state index in [4.69, 9.17) is 4.74 Å². The first-order valence-corrected chi connectivity index (χ1v) is 10.7. The molecule has 2 aromatic carbocycles. The molecule has 148 valence electrons. The molecule has 1 atom stereocenters. The summed E-state index contributed by atoms with van der Waals surface area (Å²) in [6, 6.07) is 15.3. The summed E-state index contributed by atoms with van der Waals surface area (Å²) in [4.78, 5) is 31.9. The second-order valence-electron chi connectivity index (χ2n) is 6.64. The number of nitrogens with zero attached hydrogens (tertiary/aromatic N) is 2. The molecule has 29 heavy (non-hydrogen) atoms. The van der Waals surface area contributed by atoms with Gasteiger partial charge in [-0.05, 0) is 36.8 Å². The third kappa shape index (κ3) is 4.49. The summed E-state index contributed by atoms with van der Waals surface area (Å²) in [5.74, 6) is 0.0548. The first-order valence-electron chi connectivity index (χ1n) is 9.05. The van der Waals surface area contributed by atoms with Gasteiger partial charge in [-0.3, -0.25) is 14.5 Å². The third-order valence-electron chi connectivity index (χ3n) is 4.47. The van der Waals surface area contributed by atoms with Gasteiger partial charge in [0.05, 0.1) is 5.69 Å². The number of anilines is 2. The zero-order chi connectivity index (χ0) is 20.4. The van der Waals surface area contributed by atoms with Gasteiger partial charge < -0.3 is 10.1 Å². The summed E-state index contributed by atoms with van der Waals surface area (Å²) in [6.45, 7) is 1.59. The van der Waals surface area contributed by atoms with Crippen molar-refractivity contribution in [1.82, 2.24) is 4.98 Å². The Hall–Kier alpha value is -2.71. The maximum atomic E-state index is 12.6. The van der Waals surface area contributed by atoms with Gasteiger partial charge >= 0.3 is 0 Å². The molecule has 1 N–H and O–H groups in total. The van der Waals surface area contributed by atoms with Gasteiger partial charge in [0.15, 0.2) is 11.2 Å². The molecule has 1 aliphatic rings. The Bertz CT molecular complexity index is 1050. The SMILES string of the molecule is CC1Oc2ccccc2N(CC(=O)Nc2ncc(Cc3ccc(Br)cc3)s2)C1=O. The van der Waals surface area contributed by atoms with E-state index in [1.165, 1.54) is 21.8 Å². The molecule has 2 amide bonds. The number of nitrogens with one attached hydrogen (secondary N) is 1. The summed E-state index contributed by atoms with van der Waals surface area (Å²) in [7, 11) is 0. The number of carbonyl (C=O) groups is 2. The van der Waals surface area contributed by atoms with Crippen molar-refractivity contribution in [2.75, 3.05) is 16.8 Å². The van der Waals surface area contributed by atoms with E-state index in [2.05, 4.69) is 26.2 Å². The van der Waals surface area contributed by atoms with Gasteiger partial charge in [-0.2, -0.15) is 0 Å². The van der Waals surface area contributed by atoms with E-state index in [0.29, 0.717) is 16.6 Å². The van der Waals surface area contributed by atoms with Crippen molar-refractivity contribution in [3.05, 3.63) is 69.6 Å².